The van der Waals surface area contributed by atoms with Gasteiger partial charge in [-0.2, -0.15) is 18.4 Å². The molecule has 40 heavy (non-hydrogen) atoms. The summed E-state index contributed by atoms with van der Waals surface area (Å²) in [6.07, 6.45) is -5.78. The number of nitrogens with zero attached hydrogens (tertiary/aromatic N) is 4. The molecule has 1 spiro atoms. The standard InChI is InChI=1S/C27H26ClF4N5O3/c1-25(2,29)12-20(36(3)22(38)10-16-5-4-6-21(34-16)27(30,31)32)23(39)37-14-26(11-17(37)13-33)18-9-15(28)7-8-19(18)35-24(26)40/h4-9,17,20H,10-12,14H2,1-3H3,(H,35,40)/t17-,20-,26-/m0/s1. The molecule has 8 nitrogen and oxygen atoms in total. The average molecular weight is 580 g/mol. The highest BCUT2D eigenvalue weighted by atomic mass is 35.5. The molecule has 2 aromatic rings. The SMILES string of the molecule is CN(C(=O)Cc1cccc(C(F)(F)F)n1)[C@@H](CC(C)(C)F)C(=O)N1C[C@]2(C[C@H]1C#N)C(=O)Nc1ccc(Cl)cc12. The molecule has 1 N–H and O–H groups in total. The van der Waals surface area contributed by atoms with Crippen LogP contribution in [0, 0.1) is 11.3 Å². The van der Waals surface area contributed by atoms with Crippen molar-refractivity contribution in [3.05, 3.63) is 58.4 Å². The number of hydrogen-bond acceptors (Lipinski definition) is 5. The van der Waals surface area contributed by atoms with E-state index in [9.17, 15) is 37.2 Å². The molecule has 0 saturated carbocycles. The molecule has 1 fully saturated rings. The van der Waals surface area contributed by atoms with Crippen LogP contribution in [0.4, 0.5) is 23.2 Å². The van der Waals surface area contributed by atoms with Crippen molar-refractivity contribution in [2.45, 2.75) is 62.5 Å². The highest BCUT2D eigenvalue weighted by Gasteiger charge is 2.57. The Labute approximate surface area is 232 Å². The summed E-state index contributed by atoms with van der Waals surface area (Å²) < 4.78 is 54.2. The summed E-state index contributed by atoms with van der Waals surface area (Å²) in [5.74, 6) is -1.94. The maximum absolute atomic E-state index is 14.9. The van der Waals surface area contributed by atoms with Gasteiger partial charge in [0.2, 0.25) is 17.7 Å². The number of pyridine rings is 1. The number of hydrogen-bond donors (Lipinski definition) is 1. The van der Waals surface area contributed by atoms with Crippen molar-refractivity contribution >= 4 is 35.0 Å². The van der Waals surface area contributed by atoms with Gasteiger partial charge in [-0.15, -0.1) is 0 Å². The second-order valence-corrected chi connectivity index (χ2v) is 11.1. The van der Waals surface area contributed by atoms with Crippen molar-refractivity contribution in [1.29, 1.82) is 5.26 Å². The number of amides is 3. The Morgan fingerprint density at radius 1 is 1.27 bits per heavy atom. The molecule has 1 aromatic carbocycles. The monoisotopic (exact) mass is 579 g/mol. The third-order valence-electron chi connectivity index (χ3n) is 7.22. The molecular weight excluding hydrogens is 554 g/mol. The van der Waals surface area contributed by atoms with E-state index in [4.69, 9.17) is 11.6 Å². The number of likely N-dealkylation sites (tertiary alicyclic amines) is 1. The van der Waals surface area contributed by atoms with E-state index in [1.807, 2.05) is 6.07 Å². The highest BCUT2D eigenvalue weighted by Crippen LogP contribution is 2.47. The zero-order valence-electron chi connectivity index (χ0n) is 21.9. The molecule has 3 heterocycles. The second-order valence-electron chi connectivity index (χ2n) is 10.7. The van der Waals surface area contributed by atoms with Gasteiger partial charge >= 0.3 is 6.18 Å². The van der Waals surface area contributed by atoms with Gasteiger partial charge in [0.05, 0.1) is 23.6 Å². The average Bonchev–Trinajstić information content (AvgIpc) is 3.39. The van der Waals surface area contributed by atoms with Crippen molar-refractivity contribution in [2.75, 3.05) is 18.9 Å². The number of anilines is 1. The van der Waals surface area contributed by atoms with Crippen LogP contribution in [0.3, 0.4) is 0 Å². The second kappa shape index (κ2) is 10.4. The van der Waals surface area contributed by atoms with Crippen LogP contribution in [0.2, 0.25) is 5.02 Å². The van der Waals surface area contributed by atoms with Crippen LogP contribution in [0.1, 0.15) is 43.6 Å². The summed E-state index contributed by atoms with van der Waals surface area (Å²) in [7, 11) is 1.24. The van der Waals surface area contributed by atoms with Crippen LogP contribution in [0.25, 0.3) is 0 Å². The number of halogens is 5. The van der Waals surface area contributed by atoms with E-state index in [0.29, 0.717) is 16.3 Å². The number of aromatic nitrogens is 1. The summed E-state index contributed by atoms with van der Waals surface area (Å²) in [5.41, 5.74) is -3.52. The lowest BCUT2D eigenvalue weighted by Gasteiger charge is -2.34. The van der Waals surface area contributed by atoms with Crippen molar-refractivity contribution in [2.24, 2.45) is 0 Å². The van der Waals surface area contributed by atoms with Gasteiger partial charge in [-0.05, 0) is 49.7 Å². The molecule has 3 amide bonds. The van der Waals surface area contributed by atoms with Crippen molar-refractivity contribution in [3.8, 4) is 6.07 Å². The summed E-state index contributed by atoms with van der Waals surface area (Å²) in [6.45, 7) is 2.23. The van der Waals surface area contributed by atoms with Crippen LogP contribution in [0.15, 0.2) is 36.4 Å². The minimum Gasteiger partial charge on any atom is -0.333 e. The predicted octanol–water partition coefficient (Wildman–Crippen LogP) is 4.28. The Kier molecular flexibility index (Phi) is 7.58. The van der Waals surface area contributed by atoms with Gasteiger partial charge in [0.1, 0.15) is 23.4 Å². The van der Waals surface area contributed by atoms with Gasteiger partial charge in [0.15, 0.2) is 0 Å². The molecule has 1 saturated heterocycles. The molecule has 3 atom stereocenters. The van der Waals surface area contributed by atoms with Crippen LogP contribution in [-0.4, -0.2) is 63.9 Å². The Morgan fingerprint density at radius 3 is 2.60 bits per heavy atom. The van der Waals surface area contributed by atoms with Crippen LogP contribution < -0.4 is 5.32 Å². The number of carbonyl (C=O) groups excluding carboxylic acids is 3. The van der Waals surface area contributed by atoms with E-state index in [0.717, 1.165) is 21.9 Å². The normalized spacial score (nSPS) is 21.1. The molecular formula is C27H26ClF4N5O3. The smallest absolute Gasteiger partial charge is 0.333 e. The molecule has 4 rings (SSSR count). The van der Waals surface area contributed by atoms with Gasteiger partial charge in [0, 0.05) is 37.1 Å². The molecule has 0 aliphatic carbocycles. The number of alkyl halides is 4. The number of rotatable bonds is 6. The van der Waals surface area contributed by atoms with Crippen molar-refractivity contribution in [3.63, 3.8) is 0 Å². The van der Waals surface area contributed by atoms with Crippen LogP contribution in [0.5, 0.6) is 0 Å². The molecule has 0 radical (unpaired) electrons. The fourth-order valence-corrected chi connectivity index (χ4v) is 5.40. The van der Waals surface area contributed by atoms with E-state index in [2.05, 4.69) is 10.3 Å². The first-order valence-electron chi connectivity index (χ1n) is 12.3. The molecule has 212 valence electrons. The topological polar surface area (TPSA) is 106 Å². The third-order valence-corrected chi connectivity index (χ3v) is 7.46. The third kappa shape index (κ3) is 5.61. The maximum atomic E-state index is 14.9. The summed E-state index contributed by atoms with van der Waals surface area (Å²) in [5, 5.41) is 13.0. The van der Waals surface area contributed by atoms with Crippen molar-refractivity contribution < 1.29 is 31.9 Å². The summed E-state index contributed by atoms with van der Waals surface area (Å²) in [4.78, 5) is 45.8. The quantitative estimate of drug-likeness (QED) is 0.514. The lowest BCUT2D eigenvalue weighted by Crippen LogP contribution is -2.53. The lowest BCUT2D eigenvalue weighted by atomic mass is 9.80. The lowest BCUT2D eigenvalue weighted by molar-refractivity contribution is -0.146. The van der Waals surface area contributed by atoms with Crippen molar-refractivity contribution in [1.82, 2.24) is 14.8 Å². The van der Waals surface area contributed by atoms with E-state index in [1.165, 1.54) is 27.0 Å². The fourth-order valence-electron chi connectivity index (χ4n) is 5.23. The Bertz CT molecular complexity index is 1400. The molecule has 0 bridgehead atoms. The maximum Gasteiger partial charge on any atom is 0.433 e. The van der Waals surface area contributed by atoms with Crippen LogP contribution in [-0.2, 0) is 32.4 Å². The van der Waals surface area contributed by atoms with Gasteiger partial charge in [-0.3, -0.25) is 14.4 Å². The van der Waals surface area contributed by atoms with Gasteiger partial charge in [-0.1, -0.05) is 17.7 Å². The summed E-state index contributed by atoms with van der Waals surface area (Å²) in [6, 6.07) is 7.50. The first kappa shape index (κ1) is 29.3. The van der Waals surface area contributed by atoms with Gasteiger partial charge in [0.25, 0.3) is 0 Å². The van der Waals surface area contributed by atoms with E-state index < -0.39 is 65.6 Å². The molecule has 2 aliphatic rings. The molecule has 0 unspecified atom stereocenters. The number of carbonyl (C=O) groups is 3. The zero-order valence-corrected chi connectivity index (χ0v) is 22.6. The first-order valence-corrected chi connectivity index (χ1v) is 12.7. The minimum absolute atomic E-state index is 0.0357. The number of fused-ring (bicyclic) bond motifs is 2. The fraction of sp³-hybridized carbons (Fsp3) is 0.444. The first-order chi connectivity index (χ1) is 18.6. The van der Waals surface area contributed by atoms with E-state index in [-0.39, 0.29) is 18.7 Å². The zero-order chi connectivity index (χ0) is 29.6. The Hall–Kier alpha value is -3.72. The minimum atomic E-state index is -4.71. The largest absolute Gasteiger partial charge is 0.433 e. The van der Waals surface area contributed by atoms with E-state index in [1.54, 1.807) is 18.2 Å². The van der Waals surface area contributed by atoms with Crippen LogP contribution >= 0.6 is 11.6 Å². The predicted molar refractivity (Wildman–Crippen MR) is 137 cm³/mol. The number of likely N-dealkylation sites (N-methyl/N-ethyl adjacent to an activating group) is 1. The highest BCUT2D eigenvalue weighted by molar-refractivity contribution is 6.31. The Morgan fingerprint density at radius 2 is 1.98 bits per heavy atom. The number of nitriles is 1. The number of nitrogens with one attached hydrogen (secondary N) is 1. The Balaban J connectivity index is 1.63. The van der Waals surface area contributed by atoms with E-state index >= 15 is 0 Å². The molecule has 2 aliphatic heterocycles. The molecule has 1 aromatic heterocycles. The van der Waals surface area contributed by atoms with Gasteiger partial charge < -0.3 is 15.1 Å². The van der Waals surface area contributed by atoms with Gasteiger partial charge in [-0.25, -0.2) is 9.37 Å². The molecule has 13 heteroatoms. The number of benzene rings is 1. The summed E-state index contributed by atoms with van der Waals surface area (Å²) >= 11 is 6.16.